The molecule has 1 atom stereocenters. The topological polar surface area (TPSA) is 49.6 Å². The highest BCUT2D eigenvalue weighted by Crippen LogP contribution is 2.46. The summed E-state index contributed by atoms with van der Waals surface area (Å²) in [6.07, 6.45) is 1.88. The third-order valence-electron chi connectivity index (χ3n) is 8.55. The molecule has 3 heterocycles. The highest BCUT2D eigenvalue weighted by atomic mass is 32.1. The van der Waals surface area contributed by atoms with Gasteiger partial charge >= 0.3 is 0 Å². The smallest absolute Gasteiger partial charge is 0.0993 e. The molecule has 42 heavy (non-hydrogen) atoms. The molecule has 0 aliphatic carbocycles. The molecule has 5 heteroatoms. The first kappa shape index (κ1) is 26.5. The maximum atomic E-state index is 10.0. The van der Waals surface area contributed by atoms with Gasteiger partial charge in [0.25, 0.3) is 0 Å². The Labute approximate surface area is 253 Å². The third kappa shape index (κ3) is 4.30. The van der Waals surface area contributed by atoms with Gasteiger partial charge in [0.15, 0.2) is 0 Å². The van der Waals surface area contributed by atoms with Crippen molar-refractivity contribution in [3.8, 4) is 37.5 Å². The van der Waals surface area contributed by atoms with Crippen LogP contribution in [-0.4, -0.2) is 9.97 Å². The zero-order chi connectivity index (χ0) is 29.1. The van der Waals surface area contributed by atoms with Crippen molar-refractivity contribution in [3.05, 3.63) is 108 Å². The SMILES string of the molecule is CC(C)(C)C(C)(C#N)c1ccc(-c2ccc(-c3cnc4cccc(-c5ccc6c(ccc7ccccc76)c5)c4n3)s2)s1. The van der Waals surface area contributed by atoms with Crippen LogP contribution >= 0.6 is 22.7 Å². The molecule has 204 valence electrons. The zero-order valence-electron chi connectivity index (χ0n) is 24.0. The van der Waals surface area contributed by atoms with Gasteiger partial charge in [-0.25, -0.2) is 4.98 Å². The van der Waals surface area contributed by atoms with E-state index in [-0.39, 0.29) is 5.41 Å². The van der Waals surface area contributed by atoms with Crippen LogP contribution in [0.5, 0.6) is 0 Å². The molecule has 1 unspecified atom stereocenters. The predicted molar refractivity (Wildman–Crippen MR) is 179 cm³/mol. The molecule has 0 radical (unpaired) electrons. The monoisotopic (exact) mass is 579 g/mol. The van der Waals surface area contributed by atoms with Crippen LogP contribution in [0.25, 0.3) is 64.0 Å². The van der Waals surface area contributed by atoms with E-state index in [0.29, 0.717) is 0 Å². The summed E-state index contributed by atoms with van der Waals surface area (Å²) in [5.74, 6) is 0. The Morgan fingerprint density at radius 1 is 0.690 bits per heavy atom. The van der Waals surface area contributed by atoms with Crippen LogP contribution < -0.4 is 0 Å². The number of nitrogens with zero attached hydrogens (tertiary/aromatic N) is 3. The summed E-state index contributed by atoms with van der Waals surface area (Å²) in [5.41, 5.74) is 4.15. The highest BCUT2D eigenvalue weighted by Gasteiger charge is 2.40. The number of para-hydroxylation sites is 1. The Morgan fingerprint density at radius 3 is 2.26 bits per heavy atom. The third-order valence-corrected chi connectivity index (χ3v) is 11.2. The van der Waals surface area contributed by atoms with E-state index in [1.165, 1.54) is 31.3 Å². The molecule has 0 bridgehead atoms. The number of hydrogen-bond acceptors (Lipinski definition) is 5. The fourth-order valence-electron chi connectivity index (χ4n) is 5.50. The van der Waals surface area contributed by atoms with Crippen LogP contribution in [0, 0.1) is 16.7 Å². The van der Waals surface area contributed by atoms with Crippen LogP contribution in [0.4, 0.5) is 0 Å². The standard InChI is InChI=1S/C37H29N3S2/c1-36(2,3)37(4,22-38)34-19-18-33(42-34)32-17-16-31(41-32)30-21-39-29-11-7-10-28(35(29)40-30)25-14-15-27-24(20-25)13-12-23-8-5-6-9-26(23)27/h5-21H,1-4H3. The maximum absolute atomic E-state index is 10.0. The van der Waals surface area contributed by atoms with Gasteiger partial charge in [0.2, 0.25) is 0 Å². The van der Waals surface area contributed by atoms with E-state index in [0.717, 1.165) is 37.6 Å². The number of aromatic nitrogens is 2. The van der Waals surface area contributed by atoms with E-state index in [1.807, 2.05) is 19.2 Å². The maximum Gasteiger partial charge on any atom is 0.0993 e. The van der Waals surface area contributed by atoms with Gasteiger partial charge in [-0.05, 0) is 75.8 Å². The lowest BCUT2D eigenvalue weighted by Crippen LogP contribution is -2.34. The van der Waals surface area contributed by atoms with Gasteiger partial charge in [-0.2, -0.15) is 5.26 Å². The van der Waals surface area contributed by atoms with Crippen molar-refractivity contribution in [1.82, 2.24) is 9.97 Å². The first-order valence-corrected chi connectivity index (χ1v) is 15.7. The molecule has 3 aromatic heterocycles. The first-order chi connectivity index (χ1) is 20.2. The lowest BCUT2D eigenvalue weighted by Gasteiger charge is -2.34. The highest BCUT2D eigenvalue weighted by molar-refractivity contribution is 7.24. The van der Waals surface area contributed by atoms with Crippen molar-refractivity contribution in [2.24, 2.45) is 5.41 Å². The van der Waals surface area contributed by atoms with E-state index in [4.69, 9.17) is 9.97 Å². The summed E-state index contributed by atoms with van der Waals surface area (Å²) in [7, 11) is 0. The van der Waals surface area contributed by atoms with E-state index in [9.17, 15) is 5.26 Å². The van der Waals surface area contributed by atoms with Crippen LogP contribution in [0.15, 0.2) is 103 Å². The Bertz CT molecular complexity index is 2170. The van der Waals surface area contributed by atoms with Gasteiger partial charge in [0.1, 0.15) is 0 Å². The van der Waals surface area contributed by atoms with E-state index in [1.54, 1.807) is 22.7 Å². The van der Waals surface area contributed by atoms with Crippen molar-refractivity contribution in [1.29, 1.82) is 5.26 Å². The lowest BCUT2D eigenvalue weighted by atomic mass is 9.68. The van der Waals surface area contributed by atoms with Gasteiger partial charge in [0.05, 0.1) is 39.3 Å². The van der Waals surface area contributed by atoms with Gasteiger partial charge in [0, 0.05) is 20.2 Å². The molecule has 0 aliphatic heterocycles. The molecule has 0 spiro atoms. The molecule has 7 aromatic rings. The second-order valence-corrected chi connectivity index (χ2v) is 14.1. The lowest BCUT2D eigenvalue weighted by molar-refractivity contribution is 0.271. The minimum absolute atomic E-state index is 0.165. The van der Waals surface area contributed by atoms with Crippen molar-refractivity contribution in [2.75, 3.05) is 0 Å². The Morgan fingerprint density at radius 2 is 1.43 bits per heavy atom. The van der Waals surface area contributed by atoms with E-state index in [2.05, 4.69) is 118 Å². The molecule has 0 saturated carbocycles. The fourth-order valence-corrected chi connectivity index (χ4v) is 7.87. The summed E-state index contributed by atoms with van der Waals surface area (Å²) in [6, 6.07) is 36.9. The molecule has 0 saturated heterocycles. The zero-order valence-corrected chi connectivity index (χ0v) is 25.6. The first-order valence-electron chi connectivity index (χ1n) is 14.0. The van der Waals surface area contributed by atoms with Crippen molar-refractivity contribution in [3.63, 3.8) is 0 Å². The van der Waals surface area contributed by atoms with Crippen LogP contribution in [0.2, 0.25) is 0 Å². The number of hydrogen-bond donors (Lipinski definition) is 0. The van der Waals surface area contributed by atoms with Crippen LogP contribution in [0.3, 0.4) is 0 Å². The van der Waals surface area contributed by atoms with E-state index >= 15 is 0 Å². The minimum Gasteiger partial charge on any atom is -0.252 e. The van der Waals surface area contributed by atoms with Gasteiger partial charge < -0.3 is 0 Å². The molecule has 0 fully saturated rings. The molecule has 7 rings (SSSR count). The van der Waals surface area contributed by atoms with Gasteiger partial charge in [-0.3, -0.25) is 4.98 Å². The minimum atomic E-state index is -0.550. The van der Waals surface area contributed by atoms with Gasteiger partial charge in [-0.15, -0.1) is 22.7 Å². The van der Waals surface area contributed by atoms with Crippen LogP contribution in [-0.2, 0) is 5.41 Å². The summed E-state index contributed by atoms with van der Waals surface area (Å²) in [5, 5.41) is 15.0. The fraction of sp³-hybridized carbons (Fsp3) is 0.162. The van der Waals surface area contributed by atoms with Crippen molar-refractivity contribution < 1.29 is 0 Å². The van der Waals surface area contributed by atoms with Gasteiger partial charge in [-0.1, -0.05) is 81.4 Å². The quantitative estimate of drug-likeness (QED) is 0.195. The molecule has 0 amide bonds. The van der Waals surface area contributed by atoms with Crippen molar-refractivity contribution in [2.45, 2.75) is 33.1 Å². The summed E-state index contributed by atoms with van der Waals surface area (Å²) in [6.45, 7) is 8.44. The molecular weight excluding hydrogens is 551 g/mol. The molecule has 0 N–H and O–H groups in total. The molecular formula is C37H29N3S2. The number of nitriles is 1. The summed E-state index contributed by atoms with van der Waals surface area (Å²) >= 11 is 3.42. The Hall–Kier alpha value is -4.37. The largest absolute Gasteiger partial charge is 0.252 e. The molecule has 0 aliphatic rings. The average molecular weight is 580 g/mol. The summed E-state index contributed by atoms with van der Waals surface area (Å²) in [4.78, 5) is 14.5. The second kappa shape index (κ2) is 9.87. The Balaban J connectivity index is 1.27. The molecule has 3 nitrogen and oxygen atoms in total. The summed E-state index contributed by atoms with van der Waals surface area (Å²) < 4.78 is 0. The number of fused-ring (bicyclic) bond motifs is 4. The number of benzene rings is 4. The van der Waals surface area contributed by atoms with Crippen LogP contribution in [0.1, 0.15) is 32.6 Å². The predicted octanol–water partition coefficient (Wildman–Crippen LogP) is 10.9. The number of rotatable bonds is 4. The molecule has 4 aromatic carbocycles. The van der Waals surface area contributed by atoms with Crippen molar-refractivity contribution >= 4 is 55.3 Å². The average Bonchev–Trinajstić information content (AvgIpc) is 3.70. The second-order valence-electron chi connectivity index (χ2n) is 12.0. The Kier molecular flexibility index (Phi) is 6.23. The number of thiophene rings is 2. The van der Waals surface area contributed by atoms with E-state index < -0.39 is 5.41 Å². The normalized spacial score (nSPS) is 13.4.